The number of carbonyl (C=O) groups excluding carboxylic acids is 2. The predicted molar refractivity (Wildman–Crippen MR) is 97.9 cm³/mol. The first-order valence-corrected chi connectivity index (χ1v) is 9.52. The van der Waals surface area contributed by atoms with Gasteiger partial charge < -0.3 is 10.2 Å². The summed E-state index contributed by atoms with van der Waals surface area (Å²) >= 11 is 0. The molecule has 0 atom stereocenters. The number of nitrogens with one attached hydrogen (secondary N) is 2. The van der Waals surface area contributed by atoms with Crippen LogP contribution < -0.4 is 10.0 Å². The van der Waals surface area contributed by atoms with Crippen molar-refractivity contribution >= 4 is 21.8 Å². The monoisotopic (exact) mass is 393 g/mol. The lowest BCUT2D eigenvalue weighted by Gasteiger charge is -2.18. The summed E-state index contributed by atoms with van der Waals surface area (Å²) in [6, 6.07) is 11.6. The highest BCUT2D eigenvalue weighted by Gasteiger charge is 2.20. The Labute approximate surface area is 157 Å². The van der Waals surface area contributed by atoms with Gasteiger partial charge in [0.05, 0.1) is 6.54 Å². The van der Waals surface area contributed by atoms with E-state index in [2.05, 4.69) is 10.0 Å². The quantitative estimate of drug-likeness (QED) is 0.737. The van der Waals surface area contributed by atoms with Crippen molar-refractivity contribution in [1.82, 2.24) is 14.9 Å². The molecule has 0 radical (unpaired) electrons. The van der Waals surface area contributed by atoms with Crippen LogP contribution in [-0.2, 0) is 21.4 Å². The lowest BCUT2D eigenvalue weighted by molar-refractivity contribution is -0.129. The zero-order chi connectivity index (χ0) is 20.0. The topological polar surface area (TPSA) is 95.6 Å². The summed E-state index contributed by atoms with van der Waals surface area (Å²) in [6.45, 7) is -0.266. The lowest BCUT2D eigenvalue weighted by Crippen LogP contribution is -2.38. The molecule has 7 nitrogen and oxygen atoms in total. The fourth-order valence-electron chi connectivity index (χ4n) is 2.30. The summed E-state index contributed by atoms with van der Waals surface area (Å²) in [7, 11) is -1.07. The molecule has 0 saturated carbocycles. The number of sulfonamides is 1. The standard InChI is InChI=1S/C18H20FN3O4S/c1-20-18(24)14-9-7-13(8-10-14)12-22(2)17(23)11-21-27(25,26)16-6-4-3-5-15(16)19/h3-10,21H,11-12H2,1-2H3,(H,20,24). The summed E-state index contributed by atoms with van der Waals surface area (Å²) in [5.41, 5.74) is 1.27. The molecule has 9 heteroatoms. The van der Waals surface area contributed by atoms with Crippen molar-refractivity contribution in [2.24, 2.45) is 0 Å². The van der Waals surface area contributed by atoms with E-state index in [-0.39, 0.29) is 12.5 Å². The first-order valence-electron chi connectivity index (χ1n) is 8.04. The minimum absolute atomic E-state index is 0.214. The van der Waals surface area contributed by atoms with Crippen molar-refractivity contribution in [1.29, 1.82) is 0 Å². The van der Waals surface area contributed by atoms with Gasteiger partial charge in [0.1, 0.15) is 10.7 Å². The van der Waals surface area contributed by atoms with Crippen molar-refractivity contribution in [2.45, 2.75) is 11.4 Å². The number of likely N-dealkylation sites (N-methyl/N-ethyl adjacent to an activating group) is 1. The first kappa shape index (κ1) is 20.5. The zero-order valence-electron chi connectivity index (χ0n) is 14.9. The molecule has 0 saturated heterocycles. The van der Waals surface area contributed by atoms with Gasteiger partial charge in [-0.05, 0) is 29.8 Å². The van der Waals surface area contributed by atoms with E-state index in [1.54, 1.807) is 24.3 Å². The van der Waals surface area contributed by atoms with Crippen molar-refractivity contribution < 1.29 is 22.4 Å². The van der Waals surface area contributed by atoms with E-state index in [0.717, 1.165) is 17.7 Å². The van der Waals surface area contributed by atoms with Gasteiger partial charge in [-0.25, -0.2) is 17.5 Å². The molecule has 0 aliphatic heterocycles. The molecule has 0 spiro atoms. The summed E-state index contributed by atoms with van der Waals surface area (Å²) < 4.78 is 39.9. The number of carbonyl (C=O) groups is 2. The summed E-state index contributed by atoms with van der Waals surface area (Å²) in [4.78, 5) is 24.5. The van der Waals surface area contributed by atoms with E-state index in [0.29, 0.717) is 5.56 Å². The van der Waals surface area contributed by atoms with Gasteiger partial charge in [0.2, 0.25) is 15.9 Å². The Morgan fingerprint density at radius 2 is 1.70 bits per heavy atom. The summed E-state index contributed by atoms with van der Waals surface area (Å²) in [5.74, 6) is -1.58. The highest BCUT2D eigenvalue weighted by Crippen LogP contribution is 2.13. The number of rotatable bonds is 7. The molecule has 0 aromatic heterocycles. The van der Waals surface area contributed by atoms with Crippen LogP contribution in [0.4, 0.5) is 4.39 Å². The average Bonchev–Trinajstić information content (AvgIpc) is 2.66. The van der Waals surface area contributed by atoms with Crippen molar-refractivity contribution in [2.75, 3.05) is 20.6 Å². The third kappa shape index (κ3) is 5.35. The third-order valence-corrected chi connectivity index (χ3v) is 5.26. The van der Waals surface area contributed by atoms with E-state index in [9.17, 15) is 22.4 Å². The van der Waals surface area contributed by atoms with Gasteiger partial charge in [0.15, 0.2) is 0 Å². The number of nitrogens with zero attached hydrogens (tertiary/aromatic N) is 1. The molecule has 0 aliphatic rings. The van der Waals surface area contributed by atoms with Gasteiger partial charge >= 0.3 is 0 Å². The fourth-order valence-corrected chi connectivity index (χ4v) is 3.35. The molecule has 144 valence electrons. The second-order valence-corrected chi connectivity index (χ2v) is 7.52. The van der Waals surface area contributed by atoms with E-state index >= 15 is 0 Å². The Bertz CT molecular complexity index is 930. The Morgan fingerprint density at radius 3 is 2.30 bits per heavy atom. The first-order chi connectivity index (χ1) is 12.7. The molecule has 0 heterocycles. The van der Waals surface area contributed by atoms with Crippen molar-refractivity contribution in [3.8, 4) is 0 Å². The van der Waals surface area contributed by atoms with Crippen molar-refractivity contribution in [3.63, 3.8) is 0 Å². The molecule has 0 unspecified atom stereocenters. The van der Waals surface area contributed by atoms with Gasteiger partial charge in [-0.15, -0.1) is 0 Å². The van der Waals surface area contributed by atoms with Gasteiger partial charge in [-0.2, -0.15) is 0 Å². The van der Waals surface area contributed by atoms with Gasteiger partial charge in [0.25, 0.3) is 5.91 Å². The smallest absolute Gasteiger partial charge is 0.251 e. The van der Waals surface area contributed by atoms with E-state index in [1.807, 2.05) is 0 Å². The number of hydrogen-bond donors (Lipinski definition) is 2. The number of amides is 2. The largest absolute Gasteiger partial charge is 0.355 e. The Kier molecular flexibility index (Phi) is 6.65. The molecular formula is C18H20FN3O4S. The summed E-state index contributed by atoms with van der Waals surface area (Å²) in [5, 5.41) is 2.51. The molecule has 0 aliphatic carbocycles. The van der Waals surface area contributed by atoms with Crippen LogP contribution in [0.3, 0.4) is 0 Å². The second kappa shape index (κ2) is 8.74. The van der Waals surface area contributed by atoms with Crippen LogP contribution in [0.25, 0.3) is 0 Å². The highest BCUT2D eigenvalue weighted by atomic mass is 32.2. The molecule has 0 fully saturated rings. The molecule has 2 amide bonds. The maximum Gasteiger partial charge on any atom is 0.251 e. The predicted octanol–water partition coefficient (Wildman–Crippen LogP) is 1.12. The highest BCUT2D eigenvalue weighted by molar-refractivity contribution is 7.89. The normalized spacial score (nSPS) is 11.1. The van der Waals surface area contributed by atoms with Crippen LogP contribution >= 0.6 is 0 Å². The zero-order valence-corrected chi connectivity index (χ0v) is 15.7. The molecular weight excluding hydrogens is 373 g/mol. The molecule has 2 rings (SSSR count). The van der Waals surface area contributed by atoms with Gasteiger partial charge in [0, 0.05) is 26.2 Å². The van der Waals surface area contributed by atoms with E-state index in [1.165, 1.54) is 31.1 Å². The number of hydrogen-bond acceptors (Lipinski definition) is 4. The third-order valence-electron chi connectivity index (χ3n) is 3.83. The van der Waals surface area contributed by atoms with Crippen LogP contribution in [0.5, 0.6) is 0 Å². The molecule has 27 heavy (non-hydrogen) atoms. The van der Waals surface area contributed by atoms with Crippen LogP contribution in [0.15, 0.2) is 53.4 Å². The summed E-state index contributed by atoms with van der Waals surface area (Å²) in [6.07, 6.45) is 0. The van der Waals surface area contributed by atoms with Gasteiger partial charge in [-0.3, -0.25) is 9.59 Å². The Morgan fingerprint density at radius 1 is 1.07 bits per heavy atom. The minimum Gasteiger partial charge on any atom is -0.355 e. The molecule has 2 aromatic rings. The lowest BCUT2D eigenvalue weighted by atomic mass is 10.1. The maximum absolute atomic E-state index is 13.6. The maximum atomic E-state index is 13.6. The van der Waals surface area contributed by atoms with Crippen LogP contribution in [0, 0.1) is 5.82 Å². The molecule has 0 bridgehead atoms. The molecule has 2 aromatic carbocycles. The van der Waals surface area contributed by atoms with Gasteiger partial charge in [-0.1, -0.05) is 24.3 Å². The average molecular weight is 393 g/mol. The number of benzene rings is 2. The second-order valence-electron chi connectivity index (χ2n) is 5.78. The van der Waals surface area contributed by atoms with E-state index in [4.69, 9.17) is 0 Å². The van der Waals surface area contributed by atoms with Crippen LogP contribution in [-0.4, -0.2) is 45.8 Å². The van der Waals surface area contributed by atoms with Crippen molar-refractivity contribution in [3.05, 3.63) is 65.5 Å². The van der Waals surface area contributed by atoms with Crippen LogP contribution in [0.2, 0.25) is 0 Å². The Balaban J connectivity index is 1.96. The molecule has 2 N–H and O–H groups in total. The van der Waals surface area contributed by atoms with Crippen LogP contribution in [0.1, 0.15) is 15.9 Å². The number of halogens is 1. The fraction of sp³-hybridized carbons (Fsp3) is 0.222. The SMILES string of the molecule is CNC(=O)c1ccc(CN(C)C(=O)CNS(=O)(=O)c2ccccc2F)cc1. The van der Waals surface area contributed by atoms with E-state index < -0.39 is 33.2 Å². The Hall–Kier alpha value is -2.78. The minimum atomic E-state index is -4.13.